The molecule has 1 atom stereocenters. The molecule has 0 saturated carbocycles. The molecule has 8 nitrogen and oxygen atoms in total. The Morgan fingerprint density at radius 3 is 3.00 bits per heavy atom. The lowest BCUT2D eigenvalue weighted by Gasteiger charge is -2.14. The first-order chi connectivity index (χ1) is 11.1. The van der Waals surface area contributed by atoms with Crippen LogP contribution in [0.2, 0.25) is 0 Å². The van der Waals surface area contributed by atoms with E-state index in [1.165, 1.54) is 16.8 Å². The number of hydrogen-bond acceptors (Lipinski definition) is 5. The van der Waals surface area contributed by atoms with Crippen molar-refractivity contribution in [3.8, 4) is 0 Å². The van der Waals surface area contributed by atoms with Crippen molar-refractivity contribution < 1.29 is 4.79 Å². The van der Waals surface area contributed by atoms with Crippen LogP contribution in [0.15, 0.2) is 16.9 Å². The maximum Gasteiger partial charge on any atom is 0.272 e. The first-order valence-electron chi connectivity index (χ1n) is 7.91. The average molecular weight is 316 g/mol. The topological polar surface area (TPSA) is 94.7 Å². The largest absolute Gasteiger partial charge is 0.341 e. The summed E-state index contributed by atoms with van der Waals surface area (Å²) in [6, 6.07) is 2.55. The predicted molar refractivity (Wildman–Crippen MR) is 83.0 cm³/mol. The first-order valence-corrected chi connectivity index (χ1v) is 7.91. The van der Waals surface area contributed by atoms with Gasteiger partial charge in [-0.15, -0.1) is 10.2 Å². The lowest BCUT2D eigenvalue weighted by molar-refractivity contribution is 0.0930. The van der Waals surface area contributed by atoms with Gasteiger partial charge in [0.1, 0.15) is 11.5 Å². The quantitative estimate of drug-likeness (QED) is 0.875. The maximum atomic E-state index is 12.4. The van der Waals surface area contributed by atoms with Gasteiger partial charge in [-0.1, -0.05) is 6.92 Å². The lowest BCUT2D eigenvalue weighted by atomic mass is 10.3. The minimum Gasteiger partial charge on any atom is -0.341 e. The van der Waals surface area contributed by atoms with Gasteiger partial charge in [0.2, 0.25) is 0 Å². The lowest BCUT2D eigenvalue weighted by Crippen LogP contribution is -2.32. The number of nitrogens with one attached hydrogen (secondary N) is 1. The molecular formula is C15H20N6O2. The van der Waals surface area contributed by atoms with Crippen LogP contribution in [0.3, 0.4) is 0 Å². The Morgan fingerprint density at radius 2 is 2.22 bits per heavy atom. The molecule has 0 radical (unpaired) electrons. The summed E-state index contributed by atoms with van der Waals surface area (Å²) >= 11 is 0. The fourth-order valence-corrected chi connectivity index (χ4v) is 2.77. The molecule has 0 spiro atoms. The highest BCUT2D eigenvalue weighted by Gasteiger charge is 2.23. The highest BCUT2D eigenvalue weighted by atomic mass is 16.2. The molecule has 23 heavy (non-hydrogen) atoms. The van der Waals surface area contributed by atoms with E-state index in [0.717, 1.165) is 37.5 Å². The first kappa shape index (κ1) is 15.4. The van der Waals surface area contributed by atoms with E-state index >= 15 is 0 Å². The third-order valence-electron chi connectivity index (χ3n) is 3.91. The van der Waals surface area contributed by atoms with Crippen molar-refractivity contribution in [2.75, 3.05) is 0 Å². The minimum absolute atomic E-state index is 0.202. The number of carbonyl (C=O) groups is 1. The monoisotopic (exact) mass is 316 g/mol. The normalized spacial score (nSPS) is 14.5. The zero-order valence-corrected chi connectivity index (χ0v) is 13.3. The minimum atomic E-state index is -0.322. The molecular weight excluding hydrogens is 296 g/mol. The van der Waals surface area contributed by atoms with E-state index in [1.54, 1.807) is 0 Å². The van der Waals surface area contributed by atoms with Crippen LogP contribution >= 0.6 is 0 Å². The van der Waals surface area contributed by atoms with E-state index in [9.17, 15) is 9.59 Å². The van der Waals surface area contributed by atoms with Crippen molar-refractivity contribution in [1.29, 1.82) is 0 Å². The van der Waals surface area contributed by atoms with Gasteiger partial charge in [0.25, 0.3) is 11.5 Å². The molecule has 1 unspecified atom stereocenters. The SMILES string of the molecule is CCCn1nc(C(=O)NC(C)c2nnc3n2CCC3)ccc1=O. The van der Waals surface area contributed by atoms with Crippen molar-refractivity contribution in [2.24, 2.45) is 0 Å². The summed E-state index contributed by atoms with van der Waals surface area (Å²) in [7, 11) is 0. The summed E-state index contributed by atoms with van der Waals surface area (Å²) in [5.74, 6) is 1.40. The van der Waals surface area contributed by atoms with Crippen molar-refractivity contribution in [3.63, 3.8) is 0 Å². The van der Waals surface area contributed by atoms with Crippen LogP contribution in [0.4, 0.5) is 0 Å². The van der Waals surface area contributed by atoms with E-state index in [2.05, 4.69) is 25.2 Å². The van der Waals surface area contributed by atoms with Gasteiger partial charge in [-0.25, -0.2) is 4.68 Å². The molecule has 1 aliphatic rings. The fourth-order valence-electron chi connectivity index (χ4n) is 2.77. The van der Waals surface area contributed by atoms with Crippen LogP contribution in [-0.4, -0.2) is 30.5 Å². The zero-order valence-electron chi connectivity index (χ0n) is 13.3. The smallest absolute Gasteiger partial charge is 0.272 e. The van der Waals surface area contributed by atoms with Crippen LogP contribution in [0.5, 0.6) is 0 Å². The number of aryl methyl sites for hydroxylation is 2. The third-order valence-corrected chi connectivity index (χ3v) is 3.91. The summed E-state index contributed by atoms with van der Waals surface area (Å²) in [5.41, 5.74) is 0.0257. The van der Waals surface area contributed by atoms with E-state index in [1.807, 2.05) is 13.8 Å². The molecule has 3 rings (SSSR count). The molecule has 1 aliphatic heterocycles. The van der Waals surface area contributed by atoms with Gasteiger partial charge in [-0.05, 0) is 25.8 Å². The second kappa shape index (κ2) is 6.31. The molecule has 2 aromatic heterocycles. The molecule has 2 aromatic rings. The van der Waals surface area contributed by atoms with Gasteiger partial charge in [0.05, 0.1) is 6.04 Å². The van der Waals surface area contributed by atoms with Crippen LogP contribution in [0, 0.1) is 0 Å². The van der Waals surface area contributed by atoms with Gasteiger partial charge in [0, 0.05) is 25.6 Å². The van der Waals surface area contributed by atoms with E-state index in [4.69, 9.17) is 0 Å². The second-order valence-corrected chi connectivity index (χ2v) is 5.70. The number of carbonyl (C=O) groups excluding carboxylic acids is 1. The Balaban J connectivity index is 1.76. The van der Waals surface area contributed by atoms with Crippen LogP contribution < -0.4 is 10.9 Å². The van der Waals surface area contributed by atoms with Crippen LogP contribution in [-0.2, 0) is 19.5 Å². The molecule has 1 amide bonds. The van der Waals surface area contributed by atoms with E-state index < -0.39 is 0 Å². The summed E-state index contributed by atoms with van der Waals surface area (Å²) in [6.45, 7) is 5.20. The molecule has 0 fully saturated rings. The molecule has 122 valence electrons. The van der Waals surface area contributed by atoms with Crippen LogP contribution in [0.1, 0.15) is 54.9 Å². The zero-order chi connectivity index (χ0) is 16.4. The van der Waals surface area contributed by atoms with Crippen molar-refractivity contribution in [2.45, 2.75) is 52.2 Å². The van der Waals surface area contributed by atoms with Crippen molar-refractivity contribution in [3.05, 3.63) is 39.8 Å². The predicted octanol–water partition coefficient (Wildman–Crippen LogP) is 0.682. The van der Waals surface area contributed by atoms with Gasteiger partial charge >= 0.3 is 0 Å². The maximum absolute atomic E-state index is 12.4. The second-order valence-electron chi connectivity index (χ2n) is 5.70. The highest BCUT2D eigenvalue weighted by Crippen LogP contribution is 2.19. The van der Waals surface area contributed by atoms with Gasteiger partial charge in [-0.2, -0.15) is 5.10 Å². The summed E-state index contributed by atoms with van der Waals surface area (Å²) < 4.78 is 3.37. The average Bonchev–Trinajstić information content (AvgIpc) is 3.12. The molecule has 8 heteroatoms. The van der Waals surface area contributed by atoms with Crippen LogP contribution in [0.25, 0.3) is 0 Å². The van der Waals surface area contributed by atoms with Gasteiger partial charge in [0.15, 0.2) is 5.82 Å². The number of amides is 1. The number of hydrogen-bond donors (Lipinski definition) is 1. The molecule has 0 bridgehead atoms. The number of rotatable bonds is 5. The summed E-state index contributed by atoms with van der Waals surface area (Å²) in [4.78, 5) is 24.0. The Kier molecular flexibility index (Phi) is 4.22. The Morgan fingerprint density at radius 1 is 1.39 bits per heavy atom. The third kappa shape index (κ3) is 3.01. The van der Waals surface area contributed by atoms with Crippen molar-refractivity contribution in [1.82, 2.24) is 29.9 Å². The van der Waals surface area contributed by atoms with Gasteiger partial charge < -0.3 is 9.88 Å². The molecule has 0 saturated heterocycles. The highest BCUT2D eigenvalue weighted by molar-refractivity contribution is 5.92. The fraction of sp³-hybridized carbons (Fsp3) is 0.533. The molecule has 3 heterocycles. The Bertz CT molecular complexity index is 779. The summed E-state index contributed by atoms with van der Waals surface area (Å²) in [6.07, 6.45) is 2.76. The number of nitrogens with zero attached hydrogens (tertiary/aromatic N) is 5. The Labute approximate surface area is 133 Å². The number of aromatic nitrogens is 5. The molecule has 0 aliphatic carbocycles. The molecule has 0 aromatic carbocycles. The number of fused-ring (bicyclic) bond motifs is 1. The Hall–Kier alpha value is -2.51. The summed E-state index contributed by atoms with van der Waals surface area (Å²) in [5, 5.41) is 15.3. The van der Waals surface area contributed by atoms with E-state index in [0.29, 0.717) is 6.54 Å². The van der Waals surface area contributed by atoms with E-state index in [-0.39, 0.29) is 23.2 Å². The molecule has 1 N–H and O–H groups in total. The van der Waals surface area contributed by atoms with Crippen molar-refractivity contribution >= 4 is 5.91 Å². The van der Waals surface area contributed by atoms with Gasteiger partial charge in [-0.3, -0.25) is 9.59 Å². The standard InChI is InChI=1S/C15H20N6O2/c1-3-8-21-13(22)7-6-11(19-21)15(23)16-10(2)14-18-17-12-5-4-9-20(12)14/h6-7,10H,3-5,8-9H2,1-2H3,(H,16,23).